The van der Waals surface area contributed by atoms with Gasteiger partial charge in [0.15, 0.2) is 9.84 Å². The van der Waals surface area contributed by atoms with Crippen LogP contribution in [0.1, 0.15) is 103 Å². The van der Waals surface area contributed by atoms with Crippen molar-refractivity contribution >= 4 is 22.5 Å². The van der Waals surface area contributed by atoms with Gasteiger partial charge in [-0.05, 0) is 102 Å². The molecule has 204 valence electrons. The van der Waals surface area contributed by atoms with Gasteiger partial charge in [-0.1, -0.05) is 6.92 Å². The van der Waals surface area contributed by atoms with E-state index < -0.39 is 27.6 Å². The number of thiol groups is 1. The maximum Gasteiger partial charge on any atom is 0.253 e. The van der Waals surface area contributed by atoms with Crippen molar-refractivity contribution in [2.24, 2.45) is 17.8 Å². The van der Waals surface area contributed by atoms with Gasteiger partial charge in [0.25, 0.3) is 5.92 Å². The molecule has 3 unspecified atom stereocenters. The molecular formula is C27H46F2O4S2. The number of sulfone groups is 1. The zero-order valence-corrected chi connectivity index (χ0v) is 23.3. The fourth-order valence-corrected chi connectivity index (χ4v) is 10.0. The van der Waals surface area contributed by atoms with E-state index >= 15 is 8.78 Å². The van der Waals surface area contributed by atoms with Crippen molar-refractivity contribution in [3.63, 3.8) is 0 Å². The smallest absolute Gasteiger partial charge is 0.253 e. The van der Waals surface area contributed by atoms with Gasteiger partial charge in [0.2, 0.25) is 0 Å². The van der Waals surface area contributed by atoms with E-state index in [1.807, 2.05) is 0 Å². The first-order valence-electron chi connectivity index (χ1n) is 14.1. The minimum atomic E-state index is -3.12. The molecule has 0 bridgehead atoms. The summed E-state index contributed by atoms with van der Waals surface area (Å²) in [5.74, 6) is -3.27. The highest BCUT2D eigenvalue weighted by molar-refractivity contribution is 7.92. The van der Waals surface area contributed by atoms with Crippen LogP contribution in [0.25, 0.3) is 0 Å². The van der Waals surface area contributed by atoms with Gasteiger partial charge in [0, 0.05) is 24.2 Å². The first kappa shape index (κ1) is 28.1. The Balaban J connectivity index is 1.20. The van der Waals surface area contributed by atoms with Gasteiger partial charge in [0.05, 0.1) is 28.8 Å². The maximum absolute atomic E-state index is 15.3. The van der Waals surface area contributed by atoms with Crippen LogP contribution in [0.4, 0.5) is 8.78 Å². The van der Waals surface area contributed by atoms with Crippen LogP contribution in [0.2, 0.25) is 0 Å². The second kappa shape index (κ2) is 11.9. The predicted octanol–water partition coefficient (Wildman–Crippen LogP) is 6.62. The van der Waals surface area contributed by atoms with Crippen molar-refractivity contribution in [2.45, 2.75) is 143 Å². The quantitative estimate of drug-likeness (QED) is 0.372. The van der Waals surface area contributed by atoms with Gasteiger partial charge in [-0.15, -0.1) is 0 Å². The van der Waals surface area contributed by atoms with Crippen molar-refractivity contribution in [2.75, 3.05) is 7.11 Å². The lowest BCUT2D eigenvalue weighted by atomic mass is 9.72. The van der Waals surface area contributed by atoms with E-state index in [0.717, 1.165) is 32.1 Å². The molecule has 0 radical (unpaired) electrons. The lowest BCUT2D eigenvalue weighted by Gasteiger charge is -2.42. The molecule has 8 heteroatoms. The SMILES string of the molecule is COC1CCC(S(=O)(=O)C2CCC(OC3CCC(C(F)(F)C4CCC(C)C(S)C4)CC3)CC2)CC1. The second-order valence-electron chi connectivity index (χ2n) is 12.0. The highest BCUT2D eigenvalue weighted by atomic mass is 32.2. The number of ether oxygens (including phenoxy) is 2. The van der Waals surface area contributed by atoms with Gasteiger partial charge in [-0.3, -0.25) is 0 Å². The monoisotopic (exact) mass is 536 g/mol. The zero-order valence-electron chi connectivity index (χ0n) is 21.5. The fourth-order valence-electron chi connectivity index (χ4n) is 7.20. The minimum absolute atomic E-state index is 0.0357. The van der Waals surface area contributed by atoms with E-state index in [1.54, 1.807) is 7.11 Å². The molecule has 0 spiro atoms. The van der Waals surface area contributed by atoms with E-state index in [-0.39, 0.29) is 34.1 Å². The Bertz CT molecular complexity index is 768. The van der Waals surface area contributed by atoms with Crippen molar-refractivity contribution in [3.05, 3.63) is 0 Å². The molecule has 0 aliphatic heterocycles. The molecule has 4 nitrogen and oxygen atoms in total. The molecule has 0 aromatic carbocycles. The van der Waals surface area contributed by atoms with Crippen LogP contribution in [0.3, 0.4) is 0 Å². The standard InChI is InChI=1S/C27H46F2O4S2/c1-18-3-4-20(17-26(18)34)27(28,29)19-5-7-22(8-6-19)33-23-11-15-25(16-12-23)35(30,31)24-13-9-21(32-2)10-14-24/h18-26,34H,3-17H2,1-2H3. The first-order chi connectivity index (χ1) is 16.6. The summed E-state index contributed by atoms with van der Waals surface area (Å²) in [5.41, 5.74) is 0. The Hall–Kier alpha value is 0.0800. The lowest BCUT2D eigenvalue weighted by Crippen LogP contribution is -2.44. The van der Waals surface area contributed by atoms with Crippen molar-refractivity contribution in [1.82, 2.24) is 0 Å². The number of hydrogen-bond acceptors (Lipinski definition) is 5. The van der Waals surface area contributed by atoms with Crippen LogP contribution in [-0.2, 0) is 19.3 Å². The van der Waals surface area contributed by atoms with Crippen LogP contribution in [0.5, 0.6) is 0 Å². The fraction of sp³-hybridized carbons (Fsp3) is 1.00. The van der Waals surface area contributed by atoms with Crippen molar-refractivity contribution in [3.8, 4) is 0 Å². The van der Waals surface area contributed by atoms with E-state index in [9.17, 15) is 8.42 Å². The molecule has 0 aromatic rings. The molecule has 4 rings (SSSR count). The molecule has 4 fully saturated rings. The topological polar surface area (TPSA) is 52.6 Å². The van der Waals surface area contributed by atoms with Crippen LogP contribution in [0.15, 0.2) is 0 Å². The summed E-state index contributed by atoms with van der Waals surface area (Å²) in [4.78, 5) is 0. The third-order valence-electron chi connectivity index (χ3n) is 9.81. The largest absolute Gasteiger partial charge is 0.381 e. The molecule has 4 saturated carbocycles. The summed E-state index contributed by atoms with van der Waals surface area (Å²) >= 11 is 4.56. The molecule has 0 amide bonds. The van der Waals surface area contributed by atoms with E-state index in [2.05, 4.69) is 19.6 Å². The number of hydrogen-bond donors (Lipinski definition) is 1. The highest BCUT2D eigenvalue weighted by Gasteiger charge is 2.49. The first-order valence-corrected chi connectivity index (χ1v) is 16.2. The van der Waals surface area contributed by atoms with Gasteiger partial charge >= 0.3 is 0 Å². The Morgan fingerprint density at radius 1 is 0.714 bits per heavy atom. The Labute approximate surface area is 217 Å². The van der Waals surface area contributed by atoms with Gasteiger partial charge in [-0.25, -0.2) is 17.2 Å². The average molecular weight is 537 g/mol. The molecule has 35 heavy (non-hydrogen) atoms. The summed E-state index contributed by atoms with van der Waals surface area (Å²) in [5, 5.41) is -0.396. The molecular weight excluding hydrogens is 490 g/mol. The number of methoxy groups -OCH3 is 1. The maximum atomic E-state index is 15.3. The molecule has 4 aliphatic rings. The zero-order chi connectivity index (χ0) is 25.2. The van der Waals surface area contributed by atoms with Crippen molar-refractivity contribution in [1.29, 1.82) is 0 Å². The number of halogens is 2. The van der Waals surface area contributed by atoms with Gasteiger partial charge in [0.1, 0.15) is 0 Å². The molecule has 0 aromatic heterocycles. The third-order valence-corrected chi connectivity index (χ3v) is 13.3. The van der Waals surface area contributed by atoms with Crippen LogP contribution in [0, 0.1) is 17.8 Å². The molecule has 4 aliphatic carbocycles. The summed E-state index contributed by atoms with van der Waals surface area (Å²) in [6.45, 7) is 2.12. The van der Waals surface area contributed by atoms with Crippen molar-refractivity contribution < 1.29 is 26.7 Å². The normalized spacial score (nSPS) is 42.0. The van der Waals surface area contributed by atoms with E-state index in [1.165, 1.54) is 0 Å². The summed E-state index contributed by atoms with van der Waals surface area (Å²) < 4.78 is 68.7. The highest BCUT2D eigenvalue weighted by Crippen LogP contribution is 2.48. The summed E-state index contributed by atoms with van der Waals surface area (Å²) in [7, 11) is -1.41. The lowest BCUT2D eigenvalue weighted by molar-refractivity contribution is -0.143. The Morgan fingerprint density at radius 2 is 1.17 bits per heavy atom. The third kappa shape index (κ3) is 6.57. The van der Waals surface area contributed by atoms with Crippen LogP contribution >= 0.6 is 12.6 Å². The predicted molar refractivity (Wildman–Crippen MR) is 139 cm³/mol. The average Bonchev–Trinajstić information content (AvgIpc) is 2.86. The summed E-state index contributed by atoms with van der Waals surface area (Å²) in [6.07, 6.45) is 10.6. The molecule has 0 heterocycles. The minimum Gasteiger partial charge on any atom is -0.381 e. The van der Waals surface area contributed by atoms with Crippen LogP contribution in [-0.4, -0.2) is 55.5 Å². The molecule has 3 atom stereocenters. The van der Waals surface area contributed by atoms with Gasteiger partial charge < -0.3 is 9.47 Å². The van der Waals surface area contributed by atoms with E-state index in [4.69, 9.17) is 9.47 Å². The summed E-state index contributed by atoms with van der Waals surface area (Å²) in [6, 6.07) is 0. The van der Waals surface area contributed by atoms with Crippen LogP contribution < -0.4 is 0 Å². The second-order valence-corrected chi connectivity index (χ2v) is 15.1. The number of alkyl halides is 2. The molecule has 0 N–H and O–H groups in total. The van der Waals surface area contributed by atoms with E-state index in [0.29, 0.717) is 70.1 Å². The van der Waals surface area contributed by atoms with Gasteiger partial charge in [-0.2, -0.15) is 12.6 Å². The Morgan fingerprint density at radius 3 is 1.66 bits per heavy atom. The number of rotatable bonds is 7. The molecule has 0 saturated heterocycles. The Kier molecular flexibility index (Phi) is 9.52.